The number of hydrogen-bond acceptors (Lipinski definition) is 6. The fourth-order valence-corrected chi connectivity index (χ4v) is 2.98. The summed E-state index contributed by atoms with van der Waals surface area (Å²) in [5, 5.41) is 0. The molecule has 4 aromatic carbocycles. The van der Waals surface area contributed by atoms with E-state index in [2.05, 4.69) is 0 Å². The zero-order valence-electron chi connectivity index (χ0n) is 19.7. The number of benzene rings is 4. The van der Waals surface area contributed by atoms with E-state index in [1.165, 1.54) is 0 Å². The molecule has 2 N–H and O–H groups in total. The van der Waals surface area contributed by atoms with Gasteiger partial charge < -0.3 is 30.1 Å². The first-order chi connectivity index (χ1) is 16.5. The van der Waals surface area contributed by atoms with Gasteiger partial charge in [0.15, 0.2) is 0 Å². The van der Waals surface area contributed by atoms with Crippen molar-refractivity contribution in [2.24, 2.45) is 0 Å². The Kier molecular flexibility index (Phi) is 15.5. The van der Waals surface area contributed by atoms with E-state index < -0.39 is 0 Å². The summed E-state index contributed by atoms with van der Waals surface area (Å²) in [5.74, 6) is -1.06. The molecule has 0 spiro atoms. The van der Waals surface area contributed by atoms with E-state index in [1.807, 2.05) is 24.3 Å². The molecule has 4 aromatic rings. The topological polar surface area (TPSA) is 128 Å². The van der Waals surface area contributed by atoms with Gasteiger partial charge in [0, 0.05) is 0 Å². The standard InChI is InChI=1S/2C15H11O2.2H2O.Ti/c2*16-14(12-7-3-1-4-8-12)11-15(17)13-9-5-2-6-10-13;;;/h2*1-11H;2*1H2;/q2*-1;;;+4/p-2. The zero-order chi connectivity index (χ0) is 24.2. The molecule has 0 bridgehead atoms. The quantitative estimate of drug-likeness (QED) is 0.128. The first-order valence-corrected chi connectivity index (χ1v) is 10.6. The van der Waals surface area contributed by atoms with Gasteiger partial charge in [0.25, 0.3) is 0 Å². The molecule has 0 saturated carbocycles. The molecule has 0 aliphatic rings. The minimum Gasteiger partial charge on any atom is -0.870 e. The molecule has 0 saturated heterocycles. The van der Waals surface area contributed by atoms with Gasteiger partial charge in [-0.1, -0.05) is 108 Å². The van der Waals surface area contributed by atoms with Crippen LogP contribution in [0.25, 0.3) is 0 Å². The maximum atomic E-state index is 11.8. The van der Waals surface area contributed by atoms with Crippen LogP contribution in [0.5, 0.6) is 0 Å². The SMILES string of the molecule is O=C([CH-]C(=O)c1ccccc1)c1ccccc1.O=C([CH-]C(=O)c1ccccc1)c1ccccc1.[OH-].[OH-].[Ti+4]. The van der Waals surface area contributed by atoms with Crippen molar-refractivity contribution in [2.45, 2.75) is 0 Å². The van der Waals surface area contributed by atoms with Gasteiger partial charge in [-0.3, -0.25) is 0 Å². The van der Waals surface area contributed by atoms with Gasteiger partial charge in [0.2, 0.25) is 0 Å². The van der Waals surface area contributed by atoms with Crippen molar-refractivity contribution in [1.29, 1.82) is 0 Å². The third kappa shape index (κ3) is 10.6. The Morgan fingerprint density at radius 3 is 0.676 bits per heavy atom. The Labute approximate surface area is 230 Å². The average Bonchev–Trinajstić information content (AvgIpc) is 2.91. The molecule has 4 rings (SSSR count). The summed E-state index contributed by atoms with van der Waals surface area (Å²) in [6.45, 7) is 0. The molecule has 0 aliphatic carbocycles. The second-order valence-electron chi connectivity index (χ2n) is 7.21. The smallest absolute Gasteiger partial charge is 0.870 e. The fraction of sp³-hybridized carbons (Fsp3) is 0. The molecule has 0 radical (unpaired) electrons. The second-order valence-corrected chi connectivity index (χ2v) is 7.21. The number of carbonyl (C=O) groups excluding carboxylic acids is 4. The summed E-state index contributed by atoms with van der Waals surface area (Å²) in [6.07, 6.45) is 2.26. The van der Waals surface area contributed by atoms with Crippen LogP contribution in [-0.4, -0.2) is 34.1 Å². The maximum Gasteiger partial charge on any atom is 4.00 e. The van der Waals surface area contributed by atoms with Crippen LogP contribution in [0.1, 0.15) is 41.4 Å². The molecule has 37 heavy (non-hydrogen) atoms. The predicted octanol–water partition coefficient (Wildman–Crippen LogP) is 5.56. The number of rotatable bonds is 8. The van der Waals surface area contributed by atoms with Crippen molar-refractivity contribution in [2.75, 3.05) is 0 Å². The Balaban J connectivity index is 0.000000648. The summed E-state index contributed by atoms with van der Waals surface area (Å²) >= 11 is 0. The largest absolute Gasteiger partial charge is 4.00 e. The molecule has 6 nitrogen and oxygen atoms in total. The third-order valence-corrected chi connectivity index (χ3v) is 4.76. The summed E-state index contributed by atoms with van der Waals surface area (Å²) < 4.78 is 0. The summed E-state index contributed by atoms with van der Waals surface area (Å²) in [6, 6.07) is 35.0. The number of hydrogen-bond donors (Lipinski definition) is 0. The second kappa shape index (κ2) is 17.4. The normalized spacial score (nSPS) is 8.86. The zero-order valence-corrected chi connectivity index (χ0v) is 21.3. The Hall–Kier alpha value is -4.07. The van der Waals surface area contributed by atoms with E-state index in [-0.39, 0.29) is 55.8 Å². The van der Waals surface area contributed by atoms with Crippen molar-refractivity contribution in [3.05, 3.63) is 156 Å². The Bertz CT molecular complexity index is 1040. The molecule has 0 amide bonds. The van der Waals surface area contributed by atoms with Crippen LogP contribution in [0.15, 0.2) is 121 Å². The van der Waals surface area contributed by atoms with Crippen LogP contribution in [0.4, 0.5) is 0 Å². The predicted molar refractivity (Wildman–Crippen MR) is 136 cm³/mol. The van der Waals surface area contributed by atoms with Crippen molar-refractivity contribution < 1.29 is 51.8 Å². The van der Waals surface area contributed by atoms with E-state index in [4.69, 9.17) is 0 Å². The molecule has 0 heterocycles. The van der Waals surface area contributed by atoms with Crippen molar-refractivity contribution in [1.82, 2.24) is 0 Å². The van der Waals surface area contributed by atoms with Crippen molar-refractivity contribution in [3.8, 4) is 0 Å². The van der Waals surface area contributed by atoms with E-state index in [9.17, 15) is 19.2 Å². The van der Waals surface area contributed by atoms with Crippen LogP contribution < -0.4 is 0 Å². The van der Waals surface area contributed by atoms with Gasteiger partial charge in [-0.15, -0.1) is 48.5 Å². The van der Waals surface area contributed by atoms with Gasteiger partial charge in [-0.2, -0.15) is 0 Å². The van der Waals surface area contributed by atoms with E-state index in [0.29, 0.717) is 22.3 Å². The average molecular weight is 528 g/mol. The maximum absolute atomic E-state index is 11.8. The van der Waals surface area contributed by atoms with E-state index >= 15 is 0 Å². The van der Waals surface area contributed by atoms with Crippen LogP contribution in [0.2, 0.25) is 0 Å². The van der Waals surface area contributed by atoms with Crippen LogP contribution in [0.3, 0.4) is 0 Å². The van der Waals surface area contributed by atoms with E-state index in [1.54, 1.807) is 97.1 Å². The molecule has 0 aliphatic heterocycles. The molecular weight excluding hydrogens is 504 g/mol. The fourth-order valence-electron chi connectivity index (χ4n) is 2.98. The summed E-state index contributed by atoms with van der Waals surface area (Å²) in [4.78, 5) is 47.0. The van der Waals surface area contributed by atoms with E-state index in [0.717, 1.165) is 12.8 Å². The molecule has 7 heteroatoms. The first-order valence-electron chi connectivity index (χ1n) is 10.6. The minimum absolute atomic E-state index is 0. The monoisotopic (exact) mass is 528 g/mol. The van der Waals surface area contributed by atoms with Crippen LogP contribution in [0, 0.1) is 12.8 Å². The van der Waals surface area contributed by atoms with Gasteiger partial charge in [-0.05, 0) is 0 Å². The Morgan fingerprint density at radius 1 is 0.351 bits per heavy atom. The Morgan fingerprint density at radius 2 is 0.514 bits per heavy atom. The number of carbonyl (C=O) groups is 4. The molecule has 0 fully saturated rings. The van der Waals surface area contributed by atoms with Gasteiger partial charge >= 0.3 is 21.7 Å². The first kappa shape index (κ1) is 32.9. The van der Waals surface area contributed by atoms with Crippen molar-refractivity contribution in [3.63, 3.8) is 0 Å². The molecule has 0 atom stereocenters. The van der Waals surface area contributed by atoms with Crippen LogP contribution >= 0.6 is 0 Å². The van der Waals surface area contributed by atoms with Crippen molar-refractivity contribution >= 4 is 23.1 Å². The summed E-state index contributed by atoms with van der Waals surface area (Å²) in [7, 11) is 0. The third-order valence-electron chi connectivity index (χ3n) is 4.76. The number of ketones is 4. The van der Waals surface area contributed by atoms with Gasteiger partial charge in [0.1, 0.15) is 0 Å². The van der Waals surface area contributed by atoms with Crippen LogP contribution in [-0.2, 0) is 21.7 Å². The van der Waals surface area contributed by atoms with Gasteiger partial charge in [-0.25, -0.2) is 0 Å². The molecular formula is C30H24O6Ti. The minimum atomic E-state index is -0.264. The molecule has 184 valence electrons. The molecule has 0 unspecified atom stereocenters. The molecule has 0 aromatic heterocycles. The summed E-state index contributed by atoms with van der Waals surface area (Å²) in [5.41, 5.74) is 2.10. The number of Topliss-reactive ketones (excluding diaryl/α,β-unsaturated/α-hetero) is 4. The van der Waals surface area contributed by atoms with Gasteiger partial charge in [0.05, 0.1) is 23.1 Å².